The second kappa shape index (κ2) is 7.63. The normalized spacial score (nSPS) is 11.9. The van der Waals surface area contributed by atoms with Crippen molar-refractivity contribution in [2.75, 3.05) is 6.54 Å². The predicted octanol–water partition coefficient (Wildman–Crippen LogP) is 2.14. The summed E-state index contributed by atoms with van der Waals surface area (Å²) in [5.74, 6) is -0.0385. The molecule has 1 aromatic carbocycles. The van der Waals surface area contributed by atoms with Crippen LogP contribution in [0.25, 0.3) is 5.69 Å². The van der Waals surface area contributed by atoms with Crippen molar-refractivity contribution in [2.45, 2.75) is 12.6 Å². The number of rotatable bonds is 6. The van der Waals surface area contributed by atoms with Crippen LogP contribution in [0.2, 0.25) is 0 Å². The molecule has 0 saturated heterocycles. The van der Waals surface area contributed by atoms with E-state index in [2.05, 4.69) is 15.6 Å². The average molecular weight is 344 g/mol. The Labute approximate surface area is 143 Å². The van der Waals surface area contributed by atoms with Gasteiger partial charge in [0.15, 0.2) is 0 Å². The van der Waals surface area contributed by atoms with Gasteiger partial charge >= 0.3 is 6.03 Å². The Balaban J connectivity index is 1.49. The van der Waals surface area contributed by atoms with Crippen molar-refractivity contribution in [2.24, 2.45) is 0 Å². The molecular formula is C17H17FN4O3. The summed E-state index contributed by atoms with van der Waals surface area (Å²) in [6.45, 7) is 0.164. The number of carbonyl (C=O) groups is 1. The quantitative estimate of drug-likeness (QED) is 0.639. The summed E-state index contributed by atoms with van der Waals surface area (Å²) in [5, 5.41) is 14.9. The lowest BCUT2D eigenvalue weighted by atomic mass is 10.2. The lowest BCUT2D eigenvalue weighted by molar-refractivity contribution is 0.148. The van der Waals surface area contributed by atoms with Crippen LogP contribution in [0.1, 0.15) is 17.4 Å². The molecule has 0 aliphatic carbocycles. The number of furan rings is 1. The van der Waals surface area contributed by atoms with Gasteiger partial charge < -0.3 is 24.7 Å². The third-order valence-electron chi connectivity index (χ3n) is 3.58. The van der Waals surface area contributed by atoms with Crippen LogP contribution in [0, 0.1) is 5.82 Å². The molecule has 2 amide bonds. The summed E-state index contributed by atoms with van der Waals surface area (Å²) < 4.78 is 20.7. The number of hydrogen-bond donors (Lipinski definition) is 3. The SMILES string of the molecule is O=C(NCc1ccc(-n2ccnc2)c(F)c1)NCC(O)c1ccco1. The van der Waals surface area contributed by atoms with Crippen molar-refractivity contribution in [1.29, 1.82) is 0 Å². The largest absolute Gasteiger partial charge is 0.467 e. The van der Waals surface area contributed by atoms with E-state index in [4.69, 9.17) is 4.42 Å². The first-order chi connectivity index (χ1) is 12.1. The standard InChI is InChI=1S/C17H17FN4O3/c18-13-8-12(3-4-14(13)22-6-5-19-11-22)9-20-17(24)21-10-15(23)16-2-1-7-25-16/h1-8,11,15,23H,9-10H2,(H2,20,21,24). The van der Waals surface area contributed by atoms with Gasteiger partial charge in [0.2, 0.25) is 0 Å². The highest BCUT2D eigenvalue weighted by Crippen LogP contribution is 2.15. The van der Waals surface area contributed by atoms with Gasteiger partial charge in [-0.15, -0.1) is 0 Å². The minimum Gasteiger partial charge on any atom is -0.467 e. The molecule has 1 atom stereocenters. The molecule has 0 aliphatic heterocycles. The van der Waals surface area contributed by atoms with E-state index in [-0.39, 0.29) is 13.1 Å². The third-order valence-corrected chi connectivity index (χ3v) is 3.58. The molecule has 0 fully saturated rings. The van der Waals surface area contributed by atoms with Gasteiger partial charge in [-0.05, 0) is 29.8 Å². The van der Waals surface area contributed by atoms with Gasteiger partial charge in [0.25, 0.3) is 0 Å². The molecule has 130 valence electrons. The number of halogens is 1. The molecule has 3 aromatic rings. The Morgan fingerprint density at radius 3 is 2.92 bits per heavy atom. The molecule has 1 unspecified atom stereocenters. The van der Waals surface area contributed by atoms with E-state index in [0.29, 0.717) is 17.0 Å². The summed E-state index contributed by atoms with van der Waals surface area (Å²) in [4.78, 5) is 15.6. The summed E-state index contributed by atoms with van der Waals surface area (Å²) in [7, 11) is 0. The number of aliphatic hydroxyl groups is 1. The number of carbonyl (C=O) groups excluding carboxylic acids is 1. The zero-order valence-electron chi connectivity index (χ0n) is 13.2. The van der Waals surface area contributed by atoms with Gasteiger partial charge in [0.05, 0.1) is 24.8 Å². The molecule has 0 spiro atoms. The molecule has 0 radical (unpaired) electrons. The maximum atomic E-state index is 14.1. The molecule has 3 N–H and O–H groups in total. The molecule has 0 saturated carbocycles. The second-order valence-electron chi connectivity index (χ2n) is 5.35. The summed E-state index contributed by atoms with van der Waals surface area (Å²) in [6.07, 6.45) is 5.24. The van der Waals surface area contributed by atoms with E-state index in [1.165, 1.54) is 18.7 Å². The molecule has 25 heavy (non-hydrogen) atoms. The van der Waals surface area contributed by atoms with Gasteiger partial charge in [0.1, 0.15) is 17.7 Å². The fourth-order valence-electron chi connectivity index (χ4n) is 2.29. The van der Waals surface area contributed by atoms with Crippen LogP contribution in [-0.4, -0.2) is 27.2 Å². The minimum absolute atomic E-state index is 0.00722. The number of hydrogen-bond acceptors (Lipinski definition) is 4. The maximum absolute atomic E-state index is 14.1. The van der Waals surface area contributed by atoms with Crippen LogP contribution in [0.5, 0.6) is 0 Å². The zero-order valence-corrected chi connectivity index (χ0v) is 13.2. The minimum atomic E-state index is -0.923. The lowest BCUT2D eigenvalue weighted by Gasteiger charge is -2.11. The number of urea groups is 1. The number of aliphatic hydroxyl groups excluding tert-OH is 1. The third kappa shape index (κ3) is 4.24. The van der Waals surface area contributed by atoms with Crippen molar-refractivity contribution in [3.8, 4) is 5.69 Å². The summed E-state index contributed by atoms with van der Waals surface area (Å²) in [5.41, 5.74) is 0.996. The van der Waals surface area contributed by atoms with E-state index in [1.54, 1.807) is 41.2 Å². The van der Waals surface area contributed by atoms with E-state index in [0.717, 1.165) is 0 Å². The molecule has 0 bridgehead atoms. The molecular weight excluding hydrogens is 327 g/mol. The van der Waals surface area contributed by atoms with Crippen molar-refractivity contribution in [3.05, 3.63) is 72.5 Å². The predicted molar refractivity (Wildman–Crippen MR) is 87.4 cm³/mol. The topological polar surface area (TPSA) is 92.3 Å². The first kappa shape index (κ1) is 16.7. The molecule has 8 heteroatoms. The highest BCUT2D eigenvalue weighted by atomic mass is 19.1. The number of imidazole rings is 1. The number of benzene rings is 1. The first-order valence-electron chi connectivity index (χ1n) is 7.63. The van der Waals surface area contributed by atoms with E-state index < -0.39 is 18.0 Å². The second-order valence-corrected chi connectivity index (χ2v) is 5.35. The van der Waals surface area contributed by atoms with Crippen LogP contribution in [0.3, 0.4) is 0 Å². The van der Waals surface area contributed by atoms with Gasteiger partial charge in [-0.1, -0.05) is 6.07 Å². The van der Waals surface area contributed by atoms with Crippen molar-refractivity contribution in [1.82, 2.24) is 20.2 Å². The highest BCUT2D eigenvalue weighted by molar-refractivity contribution is 5.73. The van der Waals surface area contributed by atoms with Crippen LogP contribution in [0.4, 0.5) is 9.18 Å². The smallest absolute Gasteiger partial charge is 0.315 e. The Kier molecular flexibility index (Phi) is 5.10. The van der Waals surface area contributed by atoms with Gasteiger partial charge in [-0.25, -0.2) is 14.2 Å². The van der Waals surface area contributed by atoms with Crippen molar-refractivity contribution in [3.63, 3.8) is 0 Å². The van der Waals surface area contributed by atoms with Crippen LogP contribution < -0.4 is 10.6 Å². The summed E-state index contributed by atoms with van der Waals surface area (Å²) >= 11 is 0. The number of nitrogens with one attached hydrogen (secondary N) is 2. The Morgan fingerprint density at radius 2 is 2.24 bits per heavy atom. The summed E-state index contributed by atoms with van der Waals surface area (Å²) in [6, 6.07) is 7.50. The molecule has 3 rings (SSSR count). The van der Waals surface area contributed by atoms with Crippen molar-refractivity contribution < 1.29 is 18.7 Å². The Morgan fingerprint density at radius 1 is 1.36 bits per heavy atom. The van der Waals surface area contributed by atoms with Gasteiger partial charge in [-0.2, -0.15) is 0 Å². The molecule has 7 nitrogen and oxygen atoms in total. The number of aromatic nitrogens is 2. The lowest BCUT2D eigenvalue weighted by Crippen LogP contribution is -2.37. The van der Waals surface area contributed by atoms with E-state index in [1.807, 2.05) is 0 Å². The van der Waals surface area contributed by atoms with Crippen LogP contribution in [0.15, 0.2) is 59.7 Å². The van der Waals surface area contributed by atoms with Gasteiger partial charge in [-0.3, -0.25) is 0 Å². The molecule has 2 aromatic heterocycles. The Hall–Kier alpha value is -3.13. The maximum Gasteiger partial charge on any atom is 0.315 e. The Bertz CT molecular complexity index is 819. The number of nitrogens with zero attached hydrogens (tertiary/aromatic N) is 2. The highest BCUT2D eigenvalue weighted by Gasteiger charge is 2.12. The van der Waals surface area contributed by atoms with E-state index in [9.17, 15) is 14.3 Å². The van der Waals surface area contributed by atoms with E-state index >= 15 is 0 Å². The zero-order chi connectivity index (χ0) is 17.6. The van der Waals surface area contributed by atoms with Crippen LogP contribution in [-0.2, 0) is 6.54 Å². The van der Waals surface area contributed by atoms with Gasteiger partial charge in [0, 0.05) is 18.9 Å². The monoisotopic (exact) mass is 344 g/mol. The number of amides is 2. The first-order valence-corrected chi connectivity index (χ1v) is 7.63. The molecule has 2 heterocycles. The fraction of sp³-hybridized carbons (Fsp3) is 0.176. The fourth-order valence-corrected chi connectivity index (χ4v) is 2.29. The molecule has 0 aliphatic rings. The van der Waals surface area contributed by atoms with Crippen LogP contribution >= 0.6 is 0 Å². The van der Waals surface area contributed by atoms with Crippen molar-refractivity contribution >= 4 is 6.03 Å². The average Bonchev–Trinajstić information content (AvgIpc) is 3.31.